The summed E-state index contributed by atoms with van der Waals surface area (Å²) in [6, 6.07) is 8.31. The molecule has 1 unspecified atom stereocenters. The van der Waals surface area contributed by atoms with Gasteiger partial charge in [-0.15, -0.1) is 12.3 Å². The van der Waals surface area contributed by atoms with Crippen LogP contribution in [0.2, 0.25) is 0 Å². The lowest BCUT2D eigenvalue weighted by Gasteiger charge is -2.08. The summed E-state index contributed by atoms with van der Waals surface area (Å²) < 4.78 is 5.77. The van der Waals surface area contributed by atoms with Gasteiger partial charge in [0.25, 0.3) is 0 Å². The summed E-state index contributed by atoms with van der Waals surface area (Å²) in [6.45, 7) is 2.07. The van der Waals surface area contributed by atoms with Crippen LogP contribution in [-0.4, -0.2) is 7.05 Å². The smallest absolute Gasteiger partial charge is 0.134 e. The number of hydrogen-bond donors (Lipinski definition) is 1. The van der Waals surface area contributed by atoms with E-state index >= 15 is 0 Å². The Morgan fingerprint density at radius 2 is 2.25 bits per heavy atom. The van der Waals surface area contributed by atoms with Crippen molar-refractivity contribution >= 4 is 11.0 Å². The number of aryl methyl sites for hydroxylation is 1. The van der Waals surface area contributed by atoms with Gasteiger partial charge in [0, 0.05) is 11.8 Å². The van der Waals surface area contributed by atoms with E-state index in [1.807, 2.05) is 19.2 Å². The first kappa shape index (κ1) is 10.8. The van der Waals surface area contributed by atoms with Gasteiger partial charge in [-0.25, -0.2) is 0 Å². The van der Waals surface area contributed by atoms with Gasteiger partial charge < -0.3 is 9.73 Å². The molecule has 0 fully saturated rings. The molecule has 1 aromatic heterocycles. The van der Waals surface area contributed by atoms with Crippen molar-refractivity contribution in [3.8, 4) is 12.3 Å². The van der Waals surface area contributed by atoms with Gasteiger partial charge in [0.05, 0.1) is 6.04 Å². The molecule has 0 aliphatic rings. The van der Waals surface area contributed by atoms with Crippen LogP contribution in [0.15, 0.2) is 28.7 Å². The molecule has 1 heterocycles. The molecule has 1 atom stereocenters. The van der Waals surface area contributed by atoms with E-state index in [1.165, 1.54) is 5.56 Å². The van der Waals surface area contributed by atoms with E-state index in [4.69, 9.17) is 10.8 Å². The first-order chi connectivity index (χ1) is 7.74. The molecular formula is C14H15NO. The van der Waals surface area contributed by atoms with Crippen LogP contribution in [0, 0.1) is 19.3 Å². The van der Waals surface area contributed by atoms with Gasteiger partial charge in [0.15, 0.2) is 0 Å². The highest BCUT2D eigenvalue weighted by Gasteiger charge is 2.13. The van der Waals surface area contributed by atoms with E-state index in [-0.39, 0.29) is 6.04 Å². The average Bonchev–Trinajstić information content (AvgIpc) is 2.68. The average molecular weight is 213 g/mol. The van der Waals surface area contributed by atoms with Crippen molar-refractivity contribution in [2.75, 3.05) is 7.05 Å². The number of hydrogen-bond acceptors (Lipinski definition) is 2. The Labute approximate surface area is 95.6 Å². The van der Waals surface area contributed by atoms with E-state index < -0.39 is 0 Å². The number of terminal acetylenes is 1. The number of furan rings is 1. The summed E-state index contributed by atoms with van der Waals surface area (Å²) in [5.74, 6) is 3.55. The molecule has 0 saturated carbocycles. The molecule has 1 N–H and O–H groups in total. The summed E-state index contributed by atoms with van der Waals surface area (Å²) in [7, 11) is 1.89. The molecule has 2 heteroatoms. The minimum Gasteiger partial charge on any atom is -0.459 e. The van der Waals surface area contributed by atoms with Gasteiger partial charge in [-0.05, 0) is 32.2 Å². The lowest BCUT2D eigenvalue weighted by atomic mass is 10.1. The van der Waals surface area contributed by atoms with E-state index in [0.29, 0.717) is 6.42 Å². The molecule has 0 radical (unpaired) electrons. The Bertz CT molecular complexity index is 533. The highest BCUT2D eigenvalue weighted by Crippen LogP contribution is 2.26. The summed E-state index contributed by atoms with van der Waals surface area (Å²) >= 11 is 0. The summed E-state index contributed by atoms with van der Waals surface area (Å²) in [6.07, 6.45) is 5.96. The van der Waals surface area contributed by atoms with Gasteiger partial charge in [-0.3, -0.25) is 0 Å². The number of fused-ring (bicyclic) bond motifs is 1. The van der Waals surface area contributed by atoms with Gasteiger partial charge in [-0.2, -0.15) is 0 Å². The maximum Gasteiger partial charge on any atom is 0.134 e. The molecule has 0 amide bonds. The van der Waals surface area contributed by atoms with Crippen molar-refractivity contribution in [2.24, 2.45) is 0 Å². The minimum absolute atomic E-state index is 0.0951. The van der Waals surface area contributed by atoms with Crippen molar-refractivity contribution in [2.45, 2.75) is 19.4 Å². The Hall–Kier alpha value is -1.72. The molecular weight excluding hydrogens is 198 g/mol. The summed E-state index contributed by atoms with van der Waals surface area (Å²) in [5, 5.41) is 4.29. The largest absolute Gasteiger partial charge is 0.459 e. The zero-order chi connectivity index (χ0) is 11.5. The molecule has 82 valence electrons. The third-order valence-electron chi connectivity index (χ3n) is 2.70. The van der Waals surface area contributed by atoms with Gasteiger partial charge in [0.1, 0.15) is 11.3 Å². The van der Waals surface area contributed by atoms with Crippen molar-refractivity contribution < 1.29 is 4.42 Å². The predicted molar refractivity (Wildman–Crippen MR) is 66.2 cm³/mol. The molecule has 0 saturated heterocycles. The van der Waals surface area contributed by atoms with Crippen LogP contribution in [0.5, 0.6) is 0 Å². The topological polar surface area (TPSA) is 25.2 Å². The van der Waals surface area contributed by atoms with Crippen molar-refractivity contribution in [1.29, 1.82) is 0 Å². The Morgan fingerprint density at radius 3 is 2.94 bits per heavy atom. The van der Waals surface area contributed by atoms with E-state index in [1.54, 1.807) is 0 Å². The second kappa shape index (κ2) is 4.42. The third kappa shape index (κ3) is 1.95. The fraction of sp³-hybridized carbons (Fsp3) is 0.286. The van der Waals surface area contributed by atoms with E-state index in [0.717, 1.165) is 16.7 Å². The zero-order valence-corrected chi connectivity index (χ0v) is 9.58. The van der Waals surface area contributed by atoms with Crippen LogP contribution in [0.25, 0.3) is 11.0 Å². The SMILES string of the molecule is C#CCC(NC)c1cc2cc(C)ccc2o1. The molecule has 2 rings (SSSR count). The fourth-order valence-corrected chi connectivity index (χ4v) is 1.82. The van der Waals surface area contributed by atoms with Gasteiger partial charge in [-0.1, -0.05) is 11.6 Å². The zero-order valence-electron chi connectivity index (χ0n) is 9.58. The van der Waals surface area contributed by atoms with Crippen LogP contribution in [-0.2, 0) is 0 Å². The van der Waals surface area contributed by atoms with E-state index in [2.05, 4.69) is 30.3 Å². The molecule has 0 bridgehead atoms. The molecule has 1 aromatic carbocycles. The van der Waals surface area contributed by atoms with Gasteiger partial charge >= 0.3 is 0 Å². The second-order valence-electron chi connectivity index (χ2n) is 3.94. The highest BCUT2D eigenvalue weighted by molar-refractivity contribution is 5.78. The standard InChI is InChI=1S/C14H15NO/c1-4-5-12(15-3)14-9-11-8-10(2)6-7-13(11)16-14/h1,6-9,12,15H,5H2,2-3H3. The molecule has 0 aliphatic carbocycles. The van der Waals surface area contributed by atoms with Crippen LogP contribution in [0.1, 0.15) is 23.8 Å². The lowest BCUT2D eigenvalue weighted by Crippen LogP contribution is -2.14. The highest BCUT2D eigenvalue weighted by atomic mass is 16.3. The van der Waals surface area contributed by atoms with Crippen LogP contribution < -0.4 is 5.32 Å². The first-order valence-electron chi connectivity index (χ1n) is 5.35. The maximum atomic E-state index is 5.77. The van der Waals surface area contributed by atoms with Crippen molar-refractivity contribution in [3.05, 3.63) is 35.6 Å². The van der Waals surface area contributed by atoms with Crippen LogP contribution >= 0.6 is 0 Å². The van der Waals surface area contributed by atoms with Crippen molar-refractivity contribution in [1.82, 2.24) is 5.32 Å². The molecule has 2 nitrogen and oxygen atoms in total. The normalized spacial score (nSPS) is 12.6. The Balaban J connectivity index is 2.42. The first-order valence-corrected chi connectivity index (χ1v) is 5.35. The van der Waals surface area contributed by atoms with Gasteiger partial charge in [0.2, 0.25) is 0 Å². The molecule has 2 aromatic rings. The lowest BCUT2D eigenvalue weighted by molar-refractivity contribution is 0.458. The number of rotatable bonds is 3. The second-order valence-corrected chi connectivity index (χ2v) is 3.94. The van der Waals surface area contributed by atoms with Crippen LogP contribution in [0.3, 0.4) is 0 Å². The molecule has 0 spiro atoms. The number of benzene rings is 1. The quantitative estimate of drug-likeness (QED) is 0.793. The van der Waals surface area contributed by atoms with Crippen molar-refractivity contribution in [3.63, 3.8) is 0 Å². The Kier molecular flexibility index (Phi) is 2.98. The number of nitrogens with one attached hydrogen (secondary N) is 1. The maximum absolute atomic E-state index is 5.77. The monoisotopic (exact) mass is 213 g/mol. The van der Waals surface area contributed by atoms with Crippen LogP contribution in [0.4, 0.5) is 0 Å². The minimum atomic E-state index is 0.0951. The fourth-order valence-electron chi connectivity index (χ4n) is 1.82. The molecule has 16 heavy (non-hydrogen) atoms. The molecule has 0 aliphatic heterocycles. The summed E-state index contributed by atoms with van der Waals surface area (Å²) in [4.78, 5) is 0. The van der Waals surface area contributed by atoms with E-state index in [9.17, 15) is 0 Å². The Morgan fingerprint density at radius 1 is 1.44 bits per heavy atom. The third-order valence-corrected chi connectivity index (χ3v) is 2.70. The summed E-state index contributed by atoms with van der Waals surface area (Å²) in [5.41, 5.74) is 2.15. The predicted octanol–water partition coefficient (Wildman–Crippen LogP) is 3.03.